The molecular weight excluding hydrogens is 226 g/mol. The Balaban J connectivity index is 2.02. The van der Waals surface area contributed by atoms with Crippen LogP contribution in [0.15, 0.2) is 18.2 Å². The number of rotatable bonds is 3. The molecule has 1 aliphatic heterocycles. The fraction of sp³-hybridized carbons (Fsp3) is 0.538. The Hall–Kier alpha value is -1.00. The van der Waals surface area contributed by atoms with Gasteiger partial charge in [-0.25, -0.2) is 8.78 Å². The molecule has 1 heterocycles. The minimum Gasteiger partial charge on any atom is -0.388 e. The zero-order chi connectivity index (χ0) is 12.3. The van der Waals surface area contributed by atoms with E-state index in [1.165, 1.54) is 0 Å². The minimum absolute atomic E-state index is 0.0523. The molecule has 0 saturated carbocycles. The molecule has 0 amide bonds. The van der Waals surface area contributed by atoms with Crippen molar-refractivity contribution < 1.29 is 18.6 Å². The Morgan fingerprint density at radius 1 is 1.29 bits per heavy atom. The van der Waals surface area contributed by atoms with E-state index >= 15 is 0 Å². The predicted molar refractivity (Wildman–Crippen MR) is 59.5 cm³/mol. The molecule has 1 N–H and O–H groups in total. The van der Waals surface area contributed by atoms with Gasteiger partial charge in [-0.2, -0.15) is 0 Å². The van der Waals surface area contributed by atoms with E-state index < -0.39 is 17.7 Å². The fourth-order valence-electron chi connectivity index (χ4n) is 2.19. The van der Waals surface area contributed by atoms with Crippen molar-refractivity contribution in [2.75, 3.05) is 13.2 Å². The van der Waals surface area contributed by atoms with Crippen molar-refractivity contribution in [3.63, 3.8) is 0 Å². The SMILES string of the molecule is OC(CC1CCOCC1)c1cc(F)ccc1F. The lowest BCUT2D eigenvalue weighted by molar-refractivity contribution is 0.0428. The molecule has 94 valence electrons. The first-order valence-corrected chi connectivity index (χ1v) is 5.87. The number of hydrogen-bond donors (Lipinski definition) is 1. The average molecular weight is 242 g/mol. The lowest BCUT2D eigenvalue weighted by atomic mass is 9.91. The summed E-state index contributed by atoms with van der Waals surface area (Å²) in [4.78, 5) is 0. The molecule has 1 aromatic carbocycles. The Labute approximate surface area is 99.2 Å². The maximum absolute atomic E-state index is 13.4. The molecule has 0 spiro atoms. The zero-order valence-electron chi connectivity index (χ0n) is 9.53. The quantitative estimate of drug-likeness (QED) is 0.883. The third-order valence-electron chi connectivity index (χ3n) is 3.21. The van der Waals surface area contributed by atoms with E-state index in [4.69, 9.17) is 4.74 Å². The van der Waals surface area contributed by atoms with E-state index in [1.54, 1.807) is 0 Å². The summed E-state index contributed by atoms with van der Waals surface area (Å²) in [6.45, 7) is 1.37. The highest BCUT2D eigenvalue weighted by atomic mass is 19.1. The molecule has 0 radical (unpaired) electrons. The predicted octanol–water partition coefficient (Wildman–Crippen LogP) is 2.81. The summed E-state index contributed by atoms with van der Waals surface area (Å²) >= 11 is 0. The van der Waals surface area contributed by atoms with Crippen LogP contribution in [0.4, 0.5) is 8.78 Å². The summed E-state index contributed by atoms with van der Waals surface area (Å²) in [6, 6.07) is 3.18. The molecule has 1 atom stereocenters. The second-order valence-corrected chi connectivity index (χ2v) is 4.47. The van der Waals surface area contributed by atoms with Crippen LogP contribution in [0.2, 0.25) is 0 Å². The molecule has 4 heteroatoms. The van der Waals surface area contributed by atoms with Crippen LogP contribution >= 0.6 is 0 Å². The van der Waals surface area contributed by atoms with Gasteiger partial charge in [0.2, 0.25) is 0 Å². The van der Waals surface area contributed by atoms with Gasteiger partial charge in [-0.05, 0) is 43.4 Å². The summed E-state index contributed by atoms with van der Waals surface area (Å²) in [5.41, 5.74) is 0.0523. The normalized spacial score (nSPS) is 19.2. The highest BCUT2D eigenvalue weighted by Crippen LogP contribution is 2.29. The Kier molecular flexibility index (Phi) is 4.07. The number of hydrogen-bond acceptors (Lipinski definition) is 2. The van der Waals surface area contributed by atoms with Crippen LogP contribution in [-0.4, -0.2) is 18.3 Å². The van der Waals surface area contributed by atoms with Gasteiger partial charge in [-0.3, -0.25) is 0 Å². The van der Waals surface area contributed by atoms with E-state index in [-0.39, 0.29) is 5.56 Å². The lowest BCUT2D eigenvalue weighted by Crippen LogP contribution is -2.18. The molecule has 0 aromatic heterocycles. The largest absolute Gasteiger partial charge is 0.388 e. The number of aliphatic hydroxyl groups is 1. The number of halogens is 2. The second-order valence-electron chi connectivity index (χ2n) is 4.47. The molecule has 1 aromatic rings. The van der Waals surface area contributed by atoms with Crippen molar-refractivity contribution >= 4 is 0 Å². The Morgan fingerprint density at radius 2 is 2.00 bits per heavy atom. The maximum Gasteiger partial charge on any atom is 0.129 e. The summed E-state index contributed by atoms with van der Waals surface area (Å²) in [5, 5.41) is 9.93. The monoisotopic (exact) mass is 242 g/mol. The highest BCUT2D eigenvalue weighted by Gasteiger charge is 2.21. The smallest absolute Gasteiger partial charge is 0.129 e. The molecule has 0 aliphatic carbocycles. The molecule has 1 fully saturated rings. The third-order valence-corrected chi connectivity index (χ3v) is 3.21. The van der Waals surface area contributed by atoms with Gasteiger partial charge >= 0.3 is 0 Å². The first kappa shape index (κ1) is 12.5. The average Bonchev–Trinajstić information content (AvgIpc) is 2.33. The molecule has 1 saturated heterocycles. The lowest BCUT2D eigenvalue weighted by Gasteiger charge is -2.24. The van der Waals surface area contributed by atoms with Gasteiger partial charge in [0, 0.05) is 18.8 Å². The van der Waals surface area contributed by atoms with Gasteiger partial charge in [-0.1, -0.05) is 0 Å². The Morgan fingerprint density at radius 3 is 2.71 bits per heavy atom. The molecule has 1 unspecified atom stereocenters. The van der Waals surface area contributed by atoms with Gasteiger partial charge in [0.05, 0.1) is 6.10 Å². The zero-order valence-corrected chi connectivity index (χ0v) is 9.53. The first-order chi connectivity index (χ1) is 8.16. The van der Waals surface area contributed by atoms with Gasteiger partial charge in [0.25, 0.3) is 0 Å². The fourth-order valence-corrected chi connectivity index (χ4v) is 2.19. The minimum atomic E-state index is -0.936. The Bertz CT molecular complexity index is 376. The standard InChI is InChI=1S/C13H16F2O2/c14-10-1-2-12(15)11(8-10)13(16)7-9-3-5-17-6-4-9/h1-2,8-9,13,16H,3-7H2. The highest BCUT2D eigenvalue weighted by molar-refractivity contribution is 5.21. The van der Waals surface area contributed by atoms with Crippen LogP contribution in [0.25, 0.3) is 0 Å². The first-order valence-electron chi connectivity index (χ1n) is 5.87. The van der Waals surface area contributed by atoms with E-state index in [0.29, 0.717) is 25.6 Å². The van der Waals surface area contributed by atoms with Crippen LogP contribution in [0.3, 0.4) is 0 Å². The summed E-state index contributed by atoms with van der Waals surface area (Å²) in [5.74, 6) is -0.750. The van der Waals surface area contributed by atoms with Crippen molar-refractivity contribution in [1.82, 2.24) is 0 Å². The van der Waals surface area contributed by atoms with Gasteiger partial charge < -0.3 is 9.84 Å². The number of aliphatic hydroxyl groups excluding tert-OH is 1. The molecule has 2 nitrogen and oxygen atoms in total. The van der Waals surface area contributed by atoms with Crippen molar-refractivity contribution in [3.8, 4) is 0 Å². The summed E-state index contributed by atoms with van der Waals surface area (Å²) < 4.78 is 31.6. The number of benzene rings is 1. The summed E-state index contributed by atoms with van der Waals surface area (Å²) in [7, 11) is 0. The van der Waals surface area contributed by atoms with Crippen LogP contribution < -0.4 is 0 Å². The number of ether oxygens (including phenoxy) is 1. The van der Waals surface area contributed by atoms with Gasteiger partial charge in [-0.15, -0.1) is 0 Å². The van der Waals surface area contributed by atoms with E-state index in [9.17, 15) is 13.9 Å². The van der Waals surface area contributed by atoms with Gasteiger partial charge in [0.15, 0.2) is 0 Å². The molecule has 1 aliphatic rings. The molecule has 2 rings (SSSR count). The van der Waals surface area contributed by atoms with Crippen molar-refractivity contribution in [2.45, 2.75) is 25.4 Å². The van der Waals surface area contributed by atoms with Crippen LogP contribution in [0.1, 0.15) is 30.9 Å². The molecule has 0 bridgehead atoms. The van der Waals surface area contributed by atoms with Crippen LogP contribution in [-0.2, 0) is 4.74 Å². The topological polar surface area (TPSA) is 29.5 Å². The van der Waals surface area contributed by atoms with E-state index in [1.807, 2.05) is 0 Å². The van der Waals surface area contributed by atoms with E-state index in [0.717, 1.165) is 31.0 Å². The van der Waals surface area contributed by atoms with Gasteiger partial charge in [0.1, 0.15) is 11.6 Å². The maximum atomic E-state index is 13.4. The van der Waals surface area contributed by atoms with Crippen molar-refractivity contribution in [2.24, 2.45) is 5.92 Å². The van der Waals surface area contributed by atoms with Crippen LogP contribution in [0, 0.1) is 17.6 Å². The van der Waals surface area contributed by atoms with Crippen molar-refractivity contribution in [3.05, 3.63) is 35.4 Å². The van der Waals surface area contributed by atoms with E-state index in [2.05, 4.69) is 0 Å². The second kappa shape index (κ2) is 5.56. The van der Waals surface area contributed by atoms with Crippen molar-refractivity contribution in [1.29, 1.82) is 0 Å². The molecule has 17 heavy (non-hydrogen) atoms. The summed E-state index contributed by atoms with van der Waals surface area (Å²) in [6.07, 6.45) is 1.26. The third kappa shape index (κ3) is 3.23. The molecular formula is C13H16F2O2. The van der Waals surface area contributed by atoms with Crippen LogP contribution in [0.5, 0.6) is 0 Å².